The average molecular weight is 272 g/mol. The fraction of sp³-hybridized carbons (Fsp3) is 0.235. The Bertz CT molecular complexity index is 620. The number of hydrogen-bond donors (Lipinski definition) is 0. The van der Waals surface area contributed by atoms with E-state index < -0.39 is 5.82 Å². The molecule has 0 atom stereocenters. The summed E-state index contributed by atoms with van der Waals surface area (Å²) in [5.74, 6) is -0.400. The lowest BCUT2D eigenvalue weighted by Gasteiger charge is -2.10. The summed E-state index contributed by atoms with van der Waals surface area (Å²) in [6, 6.07) is 12.3. The fourth-order valence-electron chi connectivity index (χ4n) is 2.08. The van der Waals surface area contributed by atoms with E-state index >= 15 is 0 Å². The van der Waals surface area contributed by atoms with Gasteiger partial charge >= 0.3 is 0 Å². The molecule has 2 nitrogen and oxygen atoms in total. The van der Waals surface area contributed by atoms with Crippen molar-refractivity contribution >= 4 is 5.78 Å². The minimum Gasteiger partial charge on any atom is -0.489 e. The van der Waals surface area contributed by atoms with E-state index in [0.717, 1.165) is 12.0 Å². The zero-order valence-electron chi connectivity index (χ0n) is 11.7. The van der Waals surface area contributed by atoms with Crippen LogP contribution in [0.2, 0.25) is 0 Å². The van der Waals surface area contributed by atoms with E-state index in [1.165, 1.54) is 24.6 Å². The van der Waals surface area contributed by atoms with Crippen molar-refractivity contribution < 1.29 is 13.9 Å². The molecular formula is C17H17FO2. The van der Waals surface area contributed by atoms with E-state index in [4.69, 9.17) is 4.74 Å². The number of carbonyl (C=O) groups is 1. The summed E-state index contributed by atoms with van der Waals surface area (Å²) >= 11 is 0. The van der Waals surface area contributed by atoms with Crippen LogP contribution in [0.25, 0.3) is 0 Å². The molecule has 2 rings (SSSR count). The molecule has 0 aliphatic rings. The van der Waals surface area contributed by atoms with E-state index in [1.54, 1.807) is 6.07 Å². The van der Waals surface area contributed by atoms with Crippen molar-refractivity contribution in [2.24, 2.45) is 0 Å². The second-order valence-corrected chi connectivity index (χ2v) is 4.61. The minimum absolute atomic E-state index is 0.0892. The molecule has 0 saturated carbocycles. The van der Waals surface area contributed by atoms with E-state index in [9.17, 15) is 9.18 Å². The van der Waals surface area contributed by atoms with Crippen LogP contribution in [0.15, 0.2) is 42.5 Å². The van der Waals surface area contributed by atoms with Gasteiger partial charge in [0.1, 0.15) is 18.2 Å². The number of benzene rings is 2. The molecule has 0 aliphatic carbocycles. The Morgan fingerprint density at radius 1 is 1.15 bits per heavy atom. The van der Waals surface area contributed by atoms with E-state index in [-0.39, 0.29) is 11.3 Å². The Morgan fingerprint density at radius 2 is 1.85 bits per heavy atom. The van der Waals surface area contributed by atoms with Crippen molar-refractivity contribution in [2.75, 3.05) is 0 Å². The van der Waals surface area contributed by atoms with E-state index in [0.29, 0.717) is 12.4 Å². The molecular weight excluding hydrogens is 255 g/mol. The Morgan fingerprint density at radius 3 is 2.45 bits per heavy atom. The lowest BCUT2D eigenvalue weighted by molar-refractivity contribution is 0.101. The normalized spacial score (nSPS) is 10.3. The SMILES string of the molecule is CCc1ccccc1COc1ccc(C(C)=O)c(F)c1. The van der Waals surface area contributed by atoms with Gasteiger partial charge in [0.05, 0.1) is 5.56 Å². The minimum atomic E-state index is -0.543. The number of ketones is 1. The molecule has 0 heterocycles. The second-order valence-electron chi connectivity index (χ2n) is 4.61. The van der Waals surface area contributed by atoms with Gasteiger partial charge in [-0.05, 0) is 36.6 Å². The van der Waals surface area contributed by atoms with Crippen LogP contribution in [-0.2, 0) is 13.0 Å². The van der Waals surface area contributed by atoms with Gasteiger partial charge in [-0.2, -0.15) is 0 Å². The molecule has 2 aromatic rings. The van der Waals surface area contributed by atoms with Gasteiger partial charge in [-0.15, -0.1) is 0 Å². The molecule has 0 fully saturated rings. The Hall–Kier alpha value is -2.16. The lowest BCUT2D eigenvalue weighted by atomic mass is 10.1. The quantitative estimate of drug-likeness (QED) is 0.764. The van der Waals surface area contributed by atoms with Crippen LogP contribution in [0.1, 0.15) is 35.3 Å². The first-order valence-corrected chi connectivity index (χ1v) is 6.62. The predicted molar refractivity (Wildman–Crippen MR) is 76.6 cm³/mol. The maximum atomic E-state index is 13.7. The molecule has 0 bridgehead atoms. The van der Waals surface area contributed by atoms with E-state index in [1.807, 2.05) is 18.2 Å². The third kappa shape index (κ3) is 3.23. The predicted octanol–water partition coefficient (Wildman–Crippen LogP) is 4.17. The number of halogens is 1. The molecule has 0 radical (unpaired) electrons. The van der Waals surface area contributed by atoms with Gasteiger partial charge in [0, 0.05) is 6.07 Å². The molecule has 0 unspecified atom stereocenters. The third-order valence-corrected chi connectivity index (χ3v) is 3.21. The number of ether oxygens (including phenoxy) is 1. The summed E-state index contributed by atoms with van der Waals surface area (Å²) in [6.45, 7) is 3.82. The first kappa shape index (κ1) is 14.3. The Labute approximate surface area is 118 Å². The first-order valence-electron chi connectivity index (χ1n) is 6.62. The standard InChI is InChI=1S/C17H17FO2/c1-3-13-6-4-5-7-14(13)11-20-15-8-9-16(12(2)19)17(18)10-15/h4-10H,3,11H2,1-2H3. The van der Waals surface area contributed by atoms with Crippen LogP contribution in [0.3, 0.4) is 0 Å². The summed E-state index contributed by atoms with van der Waals surface area (Å²) in [4.78, 5) is 11.2. The van der Waals surface area contributed by atoms with Crippen LogP contribution < -0.4 is 4.74 Å². The van der Waals surface area contributed by atoms with Crippen LogP contribution in [0, 0.1) is 5.82 Å². The maximum absolute atomic E-state index is 13.7. The molecule has 0 amide bonds. The van der Waals surface area contributed by atoms with Crippen molar-refractivity contribution in [1.29, 1.82) is 0 Å². The summed E-state index contributed by atoms with van der Waals surface area (Å²) < 4.78 is 19.3. The molecule has 2 aromatic carbocycles. The van der Waals surface area contributed by atoms with Crippen molar-refractivity contribution in [3.8, 4) is 5.75 Å². The third-order valence-electron chi connectivity index (χ3n) is 3.21. The smallest absolute Gasteiger partial charge is 0.162 e. The number of rotatable bonds is 5. The van der Waals surface area contributed by atoms with Gasteiger partial charge in [-0.25, -0.2) is 4.39 Å². The first-order chi connectivity index (χ1) is 9.61. The molecule has 0 N–H and O–H groups in total. The maximum Gasteiger partial charge on any atom is 0.162 e. The highest BCUT2D eigenvalue weighted by Gasteiger charge is 2.08. The van der Waals surface area contributed by atoms with Gasteiger partial charge in [0.25, 0.3) is 0 Å². The van der Waals surface area contributed by atoms with Crippen LogP contribution in [0.5, 0.6) is 5.75 Å². The zero-order valence-corrected chi connectivity index (χ0v) is 11.7. The number of hydrogen-bond acceptors (Lipinski definition) is 2. The number of Topliss-reactive ketones (excluding diaryl/α,β-unsaturated/α-hetero) is 1. The van der Waals surface area contributed by atoms with Gasteiger partial charge < -0.3 is 4.74 Å². The van der Waals surface area contributed by atoms with Gasteiger partial charge in [-0.1, -0.05) is 31.2 Å². The van der Waals surface area contributed by atoms with Gasteiger partial charge in [0.2, 0.25) is 0 Å². The van der Waals surface area contributed by atoms with Crippen LogP contribution >= 0.6 is 0 Å². The highest BCUT2D eigenvalue weighted by molar-refractivity contribution is 5.94. The Kier molecular flexibility index (Phi) is 4.51. The second kappa shape index (κ2) is 6.33. The monoisotopic (exact) mass is 272 g/mol. The topological polar surface area (TPSA) is 26.3 Å². The van der Waals surface area contributed by atoms with Crippen molar-refractivity contribution in [3.05, 3.63) is 65.0 Å². The molecule has 20 heavy (non-hydrogen) atoms. The molecule has 104 valence electrons. The molecule has 0 saturated heterocycles. The van der Waals surface area contributed by atoms with Crippen LogP contribution in [0.4, 0.5) is 4.39 Å². The summed E-state index contributed by atoms with van der Waals surface area (Å²) in [6.07, 6.45) is 0.928. The highest BCUT2D eigenvalue weighted by atomic mass is 19.1. The number of aryl methyl sites for hydroxylation is 1. The number of carbonyl (C=O) groups excluding carboxylic acids is 1. The van der Waals surface area contributed by atoms with E-state index in [2.05, 4.69) is 13.0 Å². The summed E-state index contributed by atoms with van der Waals surface area (Å²) in [5.41, 5.74) is 2.39. The zero-order chi connectivity index (χ0) is 14.5. The van der Waals surface area contributed by atoms with Crippen molar-refractivity contribution in [2.45, 2.75) is 26.9 Å². The molecule has 0 aromatic heterocycles. The fourth-order valence-corrected chi connectivity index (χ4v) is 2.08. The highest BCUT2D eigenvalue weighted by Crippen LogP contribution is 2.19. The molecule has 3 heteroatoms. The van der Waals surface area contributed by atoms with Gasteiger partial charge in [-0.3, -0.25) is 4.79 Å². The largest absolute Gasteiger partial charge is 0.489 e. The Balaban J connectivity index is 2.11. The lowest BCUT2D eigenvalue weighted by Crippen LogP contribution is -2.01. The summed E-state index contributed by atoms with van der Waals surface area (Å²) in [5, 5.41) is 0. The van der Waals surface area contributed by atoms with Crippen molar-refractivity contribution in [1.82, 2.24) is 0 Å². The molecule has 0 aliphatic heterocycles. The van der Waals surface area contributed by atoms with Crippen LogP contribution in [-0.4, -0.2) is 5.78 Å². The molecule has 0 spiro atoms. The summed E-state index contributed by atoms with van der Waals surface area (Å²) in [7, 11) is 0. The van der Waals surface area contributed by atoms with Gasteiger partial charge in [0.15, 0.2) is 5.78 Å². The average Bonchev–Trinajstić information content (AvgIpc) is 2.45. The van der Waals surface area contributed by atoms with Crippen molar-refractivity contribution in [3.63, 3.8) is 0 Å².